The Morgan fingerprint density at radius 1 is 1.06 bits per heavy atom. The fourth-order valence-electron chi connectivity index (χ4n) is 5.30. The van der Waals surface area contributed by atoms with Crippen molar-refractivity contribution in [3.8, 4) is 17.2 Å². The predicted octanol–water partition coefficient (Wildman–Crippen LogP) is 2.00. The van der Waals surface area contributed by atoms with Crippen molar-refractivity contribution in [3.05, 3.63) is 64.9 Å². The number of nitrogens with zero attached hydrogens (tertiary/aromatic N) is 4. The van der Waals surface area contributed by atoms with E-state index in [9.17, 15) is 24.3 Å². The van der Waals surface area contributed by atoms with E-state index >= 15 is 0 Å². The van der Waals surface area contributed by atoms with Crippen LogP contribution in [0.5, 0.6) is 17.2 Å². The second-order valence-electron chi connectivity index (χ2n) is 12.6. The van der Waals surface area contributed by atoms with Crippen molar-refractivity contribution >= 4 is 35.2 Å². The highest BCUT2D eigenvalue weighted by atomic mass is 35.5. The molecule has 3 aromatic rings. The summed E-state index contributed by atoms with van der Waals surface area (Å²) in [5, 5.41) is 27.1. The van der Waals surface area contributed by atoms with E-state index in [0.717, 1.165) is 0 Å². The van der Waals surface area contributed by atoms with Crippen molar-refractivity contribution < 1.29 is 38.5 Å². The van der Waals surface area contributed by atoms with Gasteiger partial charge in [-0.1, -0.05) is 36.7 Å². The van der Waals surface area contributed by atoms with E-state index in [1.165, 1.54) is 26.2 Å². The molecular formula is C35H46ClN7O8. The van der Waals surface area contributed by atoms with Crippen LogP contribution in [0.3, 0.4) is 0 Å². The fraction of sp³-hybridized carbons (Fsp3) is 0.486. The van der Waals surface area contributed by atoms with Gasteiger partial charge in [0.05, 0.1) is 30.5 Å². The number of methoxy groups -OCH3 is 1. The van der Waals surface area contributed by atoms with Gasteiger partial charge in [0.25, 0.3) is 11.8 Å². The molecule has 2 aliphatic heterocycles. The highest BCUT2D eigenvalue weighted by Crippen LogP contribution is 2.26. The topological polar surface area (TPSA) is 186 Å². The zero-order valence-electron chi connectivity index (χ0n) is 29.3. The summed E-state index contributed by atoms with van der Waals surface area (Å²) in [7, 11) is 1.54. The fourth-order valence-corrected chi connectivity index (χ4v) is 5.53. The van der Waals surface area contributed by atoms with Crippen molar-refractivity contribution in [1.29, 1.82) is 0 Å². The summed E-state index contributed by atoms with van der Waals surface area (Å²) in [6.45, 7) is 6.22. The van der Waals surface area contributed by atoms with Crippen LogP contribution in [-0.2, 0) is 27.3 Å². The third kappa shape index (κ3) is 11.9. The highest BCUT2D eigenvalue weighted by Gasteiger charge is 2.31. The molecule has 5 rings (SSSR count). The average Bonchev–Trinajstić information content (AvgIpc) is 3.56. The maximum absolute atomic E-state index is 13.4. The Bertz CT molecular complexity index is 1650. The summed E-state index contributed by atoms with van der Waals surface area (Å²) in [4.78, 5) is 54.9. The number of amides is 4. The number of aliphatic hydroxyl groups excluding tert-OH is 1. The number of aromatic nitrogens is 3. The number of fused-ring (bicyclic) bond motifs is 17. The smallest absolute Gasteiger partial charge is 0.260 e. The van der Waals surface area contributed by atoms with E-state index in [2.05, 4.69) is 26.3 Å². The Hall–Kier alpha value is -4.89. The molecule has 2 aliphatic rings. The summed E-state index contributed by atoms with van der Waals surface area (Å²) in [5.74, 6) is -0.744. The number of carbonyl (C=O) groups excluding carboxylic acids is 4. The van der Waals surface area contributed by atoms with Crippen LogP contribution in [0.2, 0.25) is 5.02 Å². The number of ether oxygens (including phenoxy) is 3. The first kappa shape index (κ1) is 38.9. The van der Waals surface area contributed by atoms with Gasteiger partial charge in [0.2, 0.25) is 11.8 Å². The number of benzene rings is 2. The Morgan fingerprint density at radius 2 is 1.84 bits per heavy atom. The standard InChI is InChI=1S/C35H46ClN7O8/c1-22(2)17-29-34(47)37-12-15-42(31(45)21-51-27-8-5-7-26(19-27)49-4)14-11-25-20-43(41-40-25)13-6-16-50-30-10-9-24(18-28(30)36)33(46)39-32(23(3)44)35(48)38-29/h5,7-10,18-20,22-23,29,32,44H,6,11-17,21H2,1-4H3,(H,37,47)(H,38,48)(H,39,46)/t23-,29-,32+/m1/s1. The summed E-state index contributed by atoms with van der Waals surface area (Å²) in [6, 6.07) is 9.04. The molecule has 0 unspecified atom stereocenters. The molecule has 276 valence electrons. The molecule has 4 N–H and O–H groups in total. The van der Waals surface area contributed by atoms with Crippen molar-refractivity contribution in [2.75, 3.05) is 40.0 Å². The van der Waals surface area contributed by atoms with Gasteiger partial charge in [0, 0.05) is 56.8 Å². The van der Waals surface area contributed by atoms with Crippen LogP contribution in [0.1, 0.15) is 49.7 Å². The molecule has 1 aromatic heterocycles. The monoisotopic (exact) mass is 727 g/mol. The maximum atomic E-state index is 13.4. The molecule has 51 heavy (non-hydrogen) atoms. The maximum Gasteiger partial charge on any atom is 0.260 e. The number of nitrogens with one attached hydrogen (secondary N) is 3. The van der Waals surface area contributed by atoms with Crippen LogP contribution in [0.4, 0.5) is 0 Å². The van der Waals surface area contributed by atoms with Crippen LogP contribution in [0, 0.1) is 5.92 Å². The van der Waals surface area contributed by atoms with E-state index < -0.39 is 35.9 Å². The van der Waals surface area contributed by atoms with Crippen molar-refractivity contribution in [3.63, 3.8) is 0 Å². The van der Waals surface area contributed by atoms with Crippen LogP contribution < -0.4 is 30.2 Å². The van der Waals surface area contributed by atoms with Crippen LogP contribution in [-0.4, -0.2) is 107 Å². The first-order valence-electron chi connectivity index (χ1n) is 16.9. The molecule has 0 spiro atoms. The SMILES string of the molecule is COc1cccc(OCC(=O)N2CCNC(=O)[C@@H](CC(C)C)NC(=O)[C@H]([C@@H](C)O)NC(=O)c3ccc(c(Cl)c3)OCCCn3cc(nn3)CC2)c1. The van der Waals surface area contributed by atoms with Crippen LogP contribution in [0.15, 0.2) is 48.7 Å². The molecule has 15 nitrogen and oxygen atoms in total. The molecule has 4 amide bonds. The minimum absolute atomic E-state index is 0.00982. The number of hydrogen-bond acceptors (Lipinski definition) is 10. The number of aryl methyl sites for hydroxylation is 1. The van der Waals surface area contributed by atoms with E-state index in [4.69, 9.17) is 25.8 Å². The minimum atomic E-state index is -1.37. The Balaban J connectivity index is 1.54. The molecule has 3 heterocycles. The molecule has 0 aliphatic carbocycles. The van der Waals surface area contributed by atoms with Gasteiger partial charge in [-0.15, -0.1) is 5.10 Å². The first-order chi connectivity index (χ1) is 24.4. The van der Waals surface area contributed by atoms with Crippen molar-refractivity contribution in [1.82, 2.24) is 35.8 Å². The zero-order chi connectivity index (χ0) is 36.9. The van der Waals surface area contributed by atoms with Gasteiger partial charge < -0.3 is 40.2 Å². The third-order valence-corrected chi connectivity index (χ3v) is 8.33. The van der Waals surface area contributed by atoms with E-state index in [0.29, 0.717) is 48.9 Å². The average molecular weight is 728 g/mol. The van der Waals surface area contributed by atoms with Gasteiger partial charge in [-0.3, -0.25) is 23.9 Å². The van der Waals surface area contributed by atoms with E-state index in [-0.39, 0.29) is 55.1 Å². The zero-order valence-corrected chi connectivity index (χ0v) is 30.0. The number of carbonyl (C=O) groups is 4. The summed E-state index contributed by atoms with van der Waals surface area (Å²) in [5.41, 5.74) is 0.824. The number of aliphatic hydroxyl groups is 1. The van der Waals surface area contributed by atoms with Gasteiger partial charge >= 0.3 is 0 Å². The molecule has 2 aromatic carbocycles. The first-order valence-corrected chi connectivity index (χ1v) is 17.2. The van der Waals surface area contributed by atoms with Crippen LogP contribution >= 0.6 is 11.6 Å². The lowest BCUT2D eigenvalue weighted by molar-refractivity contribution is -0.134. The van der Waals surface area contributed by atoms with Gasteiger partial charge in [0.1, 0.15) is 29.3 Å². The predicted molar refractivity (Wildman–Crippen MR) is 188 cm³/mol. The largest absolute Gasteiger partial charge is 0.497 e. The van der Waals surface area contributed by atoms with Crippen molar-refractivity contribution in [2.45, 2.75) is 64.8 Å². The van der Waals surface area contributed by atoms with Crippen LogP contribution in [0.25, 0.3) is 0 Å². The second kappa shape index (κ2) is 18.9. The highest BCUT2D eigenvalue weighted by molar-refractivity contribution is 6.32. The Morgan fingerprint density at radius 3 is 2.57 bits per heavy atom. The molecular weight excluding hydrogens is 682 g/mol. The lowest BCUT2D eigenvalue weighted by Crippen LogP contribution is -2.57. The number of rotatable bonds is 7. The summed E-state index contributed by atoms with van der Waals surface area (Å²) >= 11 is 6.41. The molecule has 3 atom stereocenters. The van der Waals surface area contributed by atoms with Gasteiger partial charge in [0.15, 0.2) is 6.61 Å². The van der Waals surface area contributed by atoms with Crippen molar-refractivity contribution in [2.24, 2.45) is 5.92 Å². The lowest BCUT2D eigenvalue weighted by atomic mass is 10.0. The molecule has 0 saturated heterocycles. The quantitative estimate of drug-likeness (QED) is 0.263. The van der Waals surface area contributed by atoms with E-state index in [1.807, 2.05) is 13.8 Å². The Kier molecular flexibility index (Phi) is 14.4. The summed E-state index contributed by atoms with van der Waals surface area (Å²) < 4.78 is 18.5. The normalized spacial score (nSPS) is 18.9. The second-order valence-corrected chi connectivity index (χ2v) is 13.0. The minimum Gasteiger partial charge on any atom is -0.497 e. The summed E-state index contributed by atoms with van der Waals surface area (Å²) in [6.07, 6.45) is 1.77. The number of hydrogen-bond donors (Lipinski definition) is 4. The van der Waals surface area contributed by atoms with Gasteiger partial charge in [-0.05, 0) is 49.6 Å². The van der Waals surface area contributed by atoms with Gasteiger partial charge in [-0.2, -0.15) is 0 Å². The molecule has 0 saturated carbocycles. The molecule has 0 radical (unpaired) electrons. The number of halogens is 1. The molecule has 4 bridgehead atoms. The molecule has 0 fully saturated rings. The third-order valence-electron chi connectivity index (χ3n) is 8.04. The van der Waals surface area contributed by atoms with E-state index in [1.54, 1.807) is 46.1 Å². The lowest BCUT2D eigenvalue weighted by Gasteiger charge is -2.26. The molecule has 16 heteroatoms. The Labute approximate surface area is 301 Å². The van der Waals surface area contributed by atoms with Gasteiger partial charge in [-0.25, -0.2) is 0 Å².